The average Bonchev–Trinajstić information content (AvgIpc) is 2.15. The summed E-state index contributed by atoms with van der Waals surface area (Å²) in [6.45, 7) is 1.40. The van der Waals surface area contributed by atoms with E-state index in [4.69, 9.17) is 10.2 Å². The molecule has 0 aromatic heterocycles. The Kier molecular flexibility index (Phi) is 7.52. The maximum absolute atomic E-state index is 10.8. The fourth-order valence-corrected chi connectivity index (χ4v) is 1.77. The molecule has 1 aliphatic rings. The third-order valence-corrected chi connectivity index (χ3v) is 2.48. The number of likely N-dealkylation sites (tertiary alicyclic amines) is 1. The third-order valence-electron chi connectivity index (χ3n) is 2.48. The number of carboxylic acid groups (broad SMARTS) is 2. The van der Waals surface area contributed by atoms with E-state index in [1.807, 2.05) is 0 Å². The molecule has 0 aliphatic carbocycles. The Morgan fingerprint density at radius 2 is 1.67 bits per heavy atom. The van der Waals surface area contributed by atoms with E-state index in [-0.39, 0.29) is 44.2 Å². The standard InChI is InChI=1S/C9H15NO4.Ca.2H/c11-8(12)6-7(9(13)14)10-4-2-1-3-5-10;;;/h7H,1-6H2,(H,11,12)(H,13,14);;;/t7-;;;/m0.../s1. The maximum atomic E-state index is 10.8. The van der Waals surface area contributed by atoms with Crippen LogP contribution in [0.1, 0.15) is 25.7 Å². The van der Waals surface area contributed by atoms with Crippen LogP contribution in [-0.4, -0.2) is 83.9 Å². The number of hydrogen-bond acceptors (Lipinski definition) is 3. The average molecular weight is 243 g/mol. The molecule has 0 radical (unpaired) electrons. The second kappa shape index (κ2) is 7.44. The molecule has 1 atom stereocenters. The zero-order valence-corrected chi connectivity index (χ0v) is 7.98. The van der Waals surface area contributed by atoms with Crippen molar-refractivity contribution in [1.29, 1.82) is 0 Å². The number of carbonyl (C=O) groups is 2. The summed E-state index contributed by atoms with van der Waals surface area (Å²) in [5.41, 5.74) is 0. The SMILES string of the molecule is O=C(O)C[C@@H](C(=O)O)N1CCCCC1.[CaH2]. The molecule has 2 N–H and O–H groups in total. The van der Waals surface area contributed by atoms with Crippen molar-refractivity contribution in [3.63, 3.8) is 0 Å². The van der Waals surface area contributed by atoms with Crippen molar-refractivity contribution in [2.75, 3.05) is 13.1 Å². The van der Waals surface area contributed by atoms with E-state index in [1.54, 1.807) is 4.90 Å². The predicted octanol–water partition coefficient (Wildman–Crippen LogP) is -0.516. The Hall–Kier alpha value is 0.160. The van der Waals surface area contributed by atoms with Crippen molar-refractivity contribution in [2.45, 2.75) is 31.7 Å². The van der Waals surface area contributed by atoms with Gasteiger partial charge in [-0.25, -0.2) is 0 Å². The summed E-state index contributed by atoms with van der Waals surface area (Å²) in [4.78, 5) is 23.0. The topological polar surface area (TPSA) is 77.8 Å². The number of aliphatic carboxylic acids is 2. The zero-order chi connectivity index (χ0) is 10.6. The third kappa shape index (κ3) is 5.15. The molecule has 6 heteroatoms. The molecule has 0 aromatic rings. The van der Waals surface area contributed by atoms with Gasteiger partial charge in [0.05, 0.1) is 6.42 Å². The van der Waals surface area contributed by atoms with Gasteiger partial charge >= 0.3 is 49.7 Å². The van der Waals surface area contributed by atoms with Crippen LogP contribution in [0.3, 0.4) is 0 Å². The first kappa shape index (κ1) is 15.2. The molecule has 0 bridgehead atoms. The second-order valence-corrected chi connectivity index (χ2v) is 3.55. The van der Waals surface area contributed by atoms with Crippen molar-refractivity contribution in [3.8, 4) is 0 Å². The van der Waals surface area contributed by atoms with Crippen LogP contribution in [0, 0.1) is 0 Å². The van der Waals surface area contributed by atoms with Gasteiger partial charge in [-0.3, -0.25) is 14.5 Å². The molecule has 1 fully saturated rings. The van der Waals surface area contributed by atoms with Crippen molar-refractivity contribution < 1.29 is 19.8 Å². The minimum atomic E-state index is -1.05. The minimum absolute atomic E-state index is 0. The molecular formula is C9H17CaNO4. The van der Waals surface area contributed by atoms with Crippen LogP contribution in [0.2, 0.25) is 0 Å². The Morgan fingerprint density at radius 1 is 1.13 bits per heavy atom. The number of carboxylic acids is 2. The van der Waals surface area contributed by atoms with E-state index in [2.05, 4.69) is 0 Å². The van der Waals surface area contributed by atoms with Crippen LogP contribution in [0.15, 0.2) is 0 Å². The Balaban J connectivity index is 0.00000196. The number of rotatable bonds is 4. The summed E-state index contributed by atoms with van der Waals surface area (Å²) in [6, 6.07) is -0.854. The molecule has 84 valence electrons. The van der Waals surface area contributed by atoms with Gasteiger partial charge in [0, 0.05) is 0 Å². The molecule has 1 saturated heterocycles. The zero-order valence-electron chi connectivity index (χ0n) is 7.98. The number of nitrogens with zero attached hydrogens (tertiary/aromatic N) is 1. The molecule has 1 aliphatic heterocycles. The van der Waals surface area contributed by atoms with E-state index in [1.165, 1.54) is 0 Å². The first-order valence-electron chi connectivity index (χ1n) is 4.80. The summed E-state index contributed by atoms with van der Waals surface area (Å²) in [5, 5.41) is 17.4. The molecule has 0 aromatic carbocycles. The van der Waals surface area contributed by atoms with Crippen LogP contribution >= 0.6 is 0 Å². The van der Waals surface area contributed by atoms with Crippen molar-refractivity contribution in [2.24, 2.45) is 0 Å². The van der Waals surface area contributed by atoms with Gasteiger partial charge in [0.25, 0.3) is 0 Å². The number of hydrogen-bond donors (Lipinski definition) is 2. The first-order valence-corrected chi connectivity index (χ1v) is 4.80. The first-order chi connectivity index (χ1) is 6.61. The summed E-state index contributed by atoms with van der Waals surface area (Å²) < 4.78 is 0. The van der Waals surface area contributed by atoms with Crippen LogP contribution in [0.4, 0.5) is 0 Å². The van der Waals surface area contributed by atoms with Crippen molar-refractivity contribution in [1.82, 2.24) is 4.90 Å². The monoisotopic (exact) mass is 243 g/mol. The molecular weight excluding hydrogens is 226 g/mol. The Bertz CT molecular complexity index is 228. The molecule has 1 rings (SSSR count). The normalized spacial score (nSPS) is 18.9. The quantitative estimate of drug-likeness (QED) is 0.650. The van der Waals surface area contributed by atoms with Gasteiger partial charge in [-0.05, 0) is 25.9 Å². The van der Waals surface area contributed by atoms with E-state index in [9.17, 15) is 9.59 Å². The predicted molar refractivity (Wildman–Crippen MR) is 57.6 cm³/mol. The van der Waals surface area contributed by atoms with E-state index in [0.29, 0.717) is 13.1 Å². The molecule has 0 spiro atoms. The molecule has 15 heavy (non-hydrogen) atoms. The van der Waals surface area contributed by atoms with E-state index >= 15 is 0 Å². The van der Waals surface area contributed by atoms with Gasteiger partial charge in [-0.1, -0.05) is 6.42 Å². The molecule has 0 saturated carbocycles. The molecule has 5 nitrogen and oxygen atoms in total. The van der Waals surface area contributed by atoms with Gasteiger partial charge in [-0.2, -0.15) is 0 Å². The summed E-state index contributed by atoms with van der Waals surface area (Å²) >= 11 is 0. The Morgan fingerprint density at radius 3 is 2.07 bits per heavy atom. The van der Waals surface area contributed by atoms with Gasteiger partial charge in [0.15, 0.2) is 0 Å². The van der Waals surface area contributed by atoms with Crippen molar-refractivity contribution in [3.05, 3.63) is 0 Å². The van der Waals surface area contributed by atoms with Crippen LogP contribution in [-0.2, 0) is 9.59 Å². The van der Waals surface area contributed by atoms with E-state index < -0.39 is 18.0 Å². The molecule has 0 unspecified atom stereocenters. The second-order valence-electron chi connectivity index (χ2n) is 3.55. The summed E-state index contributed by atoms with van der Waals surface area (Å²) in [5.74, 6) is -2.09. The van der Waals surface area contributed by atoms with Gasteiger partial charge < -0.3 is 10.2 Å². The summed E-state index contributed by atoms with van der Waals surface area (Å²) in [6.07, 6.45) is 2.72. The Labute approximate surface area is 118 Å². The van der Waals surface area contributed by atoms with Gasteiger partial charge in [0.2, 0.25) is 0 Å². The fourth-order valence-electron chi connectivity index (χ4n) is 1.77. The summed E-state index contributed by atoms with van der Waals surface area (Å²) in [7, 11) is 0. The van der Waals surface area contributed by atoms with E-state index in [0.717, 1.165) is 19.3 Å². The molecule has 1 heterocycles. The number of piperidine rings is 1. The van der Waals surface area contributed by atoms with Crippen molar-refractivity contribution >= 4 is 49.7 Å². The fraction of sp³-hybridized carbons (Fsp3) is 0.778. The van der Waals surface area contributed by atoms with Crippen LogP contribution < -0.4 is 0 Å². The van der Waals surface area contributed by atoms with Gasteiger partial charge in [-0.15, -0.1) is 0 Å². The van der Waals surface area contributed by atoms with Crippen LogP contribution in [0.25, 0.3) is 0 Å². The van der Waals surface area contributed by atoms with Gasteiger partial charge in [0.1, 0.15) is 6.04 Å². The molecule has 0 amide bonds. The van der Waals surface area contributed by atoms with Crippen LogP contribution in [0.5, 0.6) is 0 Å².